The van der Waals surface area contributed by atoms with Crippen molar-refractivity contribution < 1.29 is 22.7 Å². The zero-order valence-corrected chi connectivity index (χ0v) is 9.58. The third-order valence-electron chi connectivity index (χ3n) is 2.60. The third kappa shape index (κ3) is 2.90. The van der Waals surface area contributed by atoms with Crippen molar-refractivity contribution in [1.29, 1.82) is 0 Å². The SMILES string of the molecule is OCc1ccc(-c2ccc(C(F)(F)F)cc2)nc1F. The Hall–Kier alpha value is -1.95. The molecule has 1 heterocycles. The molecule has 2 rings (SSSR count). The van der Waals surface area contributed by atoms with Gasteiger partial charge in [0.25, 0.3) is 0 Å². The van der Waals surface area contributed by atoms with Crippen molar-refractivity contribution in [2.45, 2.75) is 12.8 Å². The normalized spacial score (nSPS) is 11.6. The summed E-state index contributed by atoms with van der Waals surface area (Å²) < 4.78 is 50.5. The van der Waals surface area contributed by atoms with Crippen LogP contribution in [0.15, 0.2) is 36.4 Å². The monoisotopic (exact) mass is 271 g/mol. The Morgan fingerprint density at radius 1 is 1.00 bits per heavy atom. The number of halogens is 4. The van der Waals surface area contributed by atoms with E-state index in [1.807, 2.05) is 0 Å². The first-order valence-electron chi connectivity index (χ1n) is 5.35. The molecule has 2 nitrogen and oxygen atoms in total. The lowest BCUT2D eigenvalue weighted by molar-refractivity contribution is -0.137. The molecular weight excluding hydrogens is 262 g/mol. The predicted octanol–water partition coefficient (Wildman–Crippen LogP) is 3.40. The van der Waals surface area contributed by atoms with Crippen LogP contribution in [0.5, 0.6) is 0 Å². The fourth-order valence-electron chi connectivity index (χ4n) is 1.57. The maximum atomic E-state index is 13.4. The second kappa shape index (κ2) is 4.97. The van der Waals surface area contributed by atoms with Gasteiger partial charge in [0.05, 0.1) is 17.9 Å². The van der Waals surface area contributed by atoms with Gasteiger partial charge in [0, 0.05) is 11.1 Å². The molecule has 0 unspecified atom stereocenters. The fraction of sp³-hybridized carbons (Fsp3) is 0.154. The summed E-state index contributed by atoms with van der Waals surface area (Å²) in [6, 6.07) is 7.06. The zero-order chi connectivity index (χ0) is 14.0. The summed E-state index contributed by atoms with van der Waals surface area (Å²) in [5.74, 6) is -0.833. The number of alkyl halides is 3. The van der Waals surface area contributed by atoms with Crippen LogP contribution < -0.4 is 0 Å². The molecule has 0 radical (unpaired) electrons. The van der Waals surface area contributed by atoms with Gasteiger partial charge in [0.2, 0.25) is 5.95 Å². The number of rotatable bonds is 2. The summed E-state index contributed by atoms with van der Waals surface area (Å²) in [5, 5.41) is 8.80. The van der Waals surface area contributed by atoms with E-state index in [1.165, 1.54) is 24.3 Å². The Balaban J connectivity index is 2.35. The second-order valence-corrected chi connectivity index (χ2v) is 3.88. The van der Waals surface area contributed by atoms with Crippen molar-refractivity contribution in [1.82, 2.24) is 4.98 Å². The number of hydrogen-bond acceptors (Lipinski definition) is 2. The molecule has 0 spiro atoms. The van der Waals surface area contributed by atoms with Gasteiger partial charge in [-0.25, -0.2) is 4.98 Å². The maximum Gasteiger partial charge on any atom is 0.416 e. The zero-order valence-electron chi connectivity index (χ0n) is 9.58. The lowest BCUT2D eigenvalue weighted by Crippen LogP contribution is -2.04. The third-order valence-corrected chi connectivity index (χ3v) is 2.60. The van der Waals surface area contributed by atoms with E-state index in [0.29, 0.717) is 5.56 Å². The standard InChI is InChI=1S/C13H9F4NO/c14-12-9(7-19)3-6-11(18-12)8-1-4-10(5-2-8)13(15,16)17/h1-6,19H,7H2. The Bertz CT molecular complexity index is 578. The number of pyridine rings is 1. The van der Waals surface area contributed by atoms with Gasteiger partial charge in [-0.2, -0.15) is 17.6 Å². The van der Waals surface area contributed by atoms with E-state index in [9.17, 15) is 17.6 Å². The Labute approximate surface area is 106 Å². The van der Waals surface area contributed by atoms with Gasteiger partial charge in [-0.05, 0) is 24.3 Å². The van der Waals surface area contributed by atoms with Gasteiger partial charge in [0.15, 0.2) is 0 Å². The van der Waals surface area contributed by atoms with E-state index in [0.717, 1.165) is 12.1 Å². The molecule has 0 aliphatic rings. The number of aliphatic hydroxyl groups is 1. The van der Waals surface area contributed by atoms with Crippen molar-refractivity contribution in [2.24, 2.45) is 0 Å². The number of hydrogen-bond donors (Lipinski definition) is 1. The maximum absolute atomic E-state index is 13.4. The minimum absolute atomic E-state index is 0.0376. The first kappa shape index (κ1) is 13.5. The lowest BCUT2D eigenvalue weighted by Gasteiger charge is -2.08. The summed E-state index contributed by atoms with van der Waals surface area (Å²) >= 11 is 0. The molecule has 1 N–H and O–H groups in total. The Morgan fingerprint density at radius 3 is 2.11 bits per heavy atom. The number of aromatic nitrogens is 1. The molecule has 0 fully saturated rings. The molecular formula is C13H9F4NO. The van der Waals surface area contributed by atoms with Crippen LogP contribution >= 0.6 is 0 Å². The number of nitrogens with zero attached hydrogens (tertiary/aromatic N) is 1. The van der Waals surface area contributed by atoms with Crippen LogP contribution in [0.2, 0.25) is 0 Å². The van der Waals surface area contributed by atoms with Crippen LogP contribution in [0.3, 0.4) is 0 Å². The molecule has 0 bridgehead atoms. The van der Waals surface area contributed by atoms with Crippen LogP contribution in [-0.4, -0.2) is 10.1 Å². The Morgan fingerprint density at radius 2 is 1.63 bits per heavy atom. The quantitative estimate of drug-likeness (QED) is 0.670. The highest BCUT2D eigenvalue weighted by Crippen LogP contribution is 2.30. The van der Waals surface area contributed by atoms with Crippen molar-refractivity contribution in [3.05, 3.63) is 53.5 Å². The van der Waals surface area contributed by atoms with Crippen LogP contribution in [0, 0.1) is 5.95 Å². The van der Waals surface area contributed by atoms with Gasteiger partial charge in [0.1, 0.15) is 0 Å². The van der Waals surface area contributed by atoms with E-state index >= 15 is 0 Å². The molecule has 19 heavy (non-hydrogen) atoms. The topological polar surface area (TPSA) is 33.1 Å². The van der Waals surface area contributed by atoms with Crippen molar-refractivity contribution in [3.8, 4) is 11.3 Å². The summed E-state index contributed by atoms with van der Waals surface area (Å²) in [5.41, 5.74) is -0.154. The fourth-order valence-corrected chi connectivity index (χ4v) is 1.57. The summed E-state index contributed by atoms with van der Waals surface area (Å²) in [6.45, 7) is -0.480. The van der Waals surface area contributed by atoms with E-state index in [2.05, 4.69) is 4.98 Å². The minimum atomic E-state index is -4.40. The van der Waals surface area contributed by atoms with Crippen LogP contribution in [-0.2, 0) is 12.8 Å². The van der Waals surface area contributed by atoms with Gasteiger partial charge in [-0.1, -0.05) is 12.1 Å². The second-order valence-electron chi connectivity index (χ2n) is 3.88. The predicted molar refractivity (Wildman–Crippen MR) is 60.6 cm³/mol. The van der Waals surface area contributed by atoms with Crippen molar-refractivity contribution >= 4 is 0 Å². The molecule has 0 aliphatic carbocycles. The molecule has 6 heteroatoms. The molecule has 0 aliphatic heterocycles. The lowest BCUT2D eigenvalue weighted by atomic mass is 10.1. The average Bonchev–Trinajstić information content (AvgIpc) is 2.38. The van der Waals surface area contributed by atoms with E-state index in [1.54, 1.807) is 0 Å². The first-order valence-corrected chi connectivity index (χ1v) is 5.35. The van der Waals surface area contributed by atoms with E-state index in [-0.39, 0.29) is 11.3 Å². The van der Waals surface area contributed by atoms with Crippen LogP contribution in [0.1, 0.15) is 11.1 Å². The van der Waals surface area contributed by atoms with Gasteiger partial charge >= 0.3 is 6.18 Å². The smallest absolute Gasteiger partial charge is 0.392 e. The van der Waals surface area contributed by atoms with Crippen LogP contribution in [0.25, 0.3) is 11.3 Å². The van der Waals surface area contributed by atoms with Crippen LogP contribution in [0.4, 0.5) is 17.6 Å². The molecule has 100 valence electrons. The highest BCUT2D eigenvalue weighted by Gasteiger charge is 2.30. The first-order chi connectivity index (χ1) is 8.91. The average molecular weight is 271 g/mol. The molecule has 1 aromatic carbocycles. The molecule has 1 aromatic heterocycles. The molecule has 0 atom stereocenters. The Kier molecular flexibility index (Phi) is 3.53. The van der Waals surface area contributed by atoms with Gasteiger partial charge in [-0.15, -0.1) is 0 Å². The summed E-state index contributed by atoms with van der Waals surface area (Å²) in [6.07, 6.45) is -4.40. The molecule has 2 aromatic rings. The minimum Gasteiger partial charge on any atom is -0.392 e. The highest BCUT2D eigenvalue weighted by atomic mass is 19.4. The number of benzene rings is 1. The molecule has 0 amide bonds. The van der Waals surface area contributed by atoms with Gasteiger partial charge in [-0.3, -0.25) is 0 Å². The molecule has 0 saturated heterocycles. The summed E-state index contributed by atoms with van der Waals surface area (Å²) in [7, 11) is 0. The van der Waals surface area contributed by atoms with Crippen molar-refractivity contribution in [2.75, 3.05) is 0 Å². The van der Waals surface area contributed by atoms with E-state index < -0.39 is 24.3 Å². The van der Waals surface area contributed by atoms with E-state index in [4.69, 9.17) is 5.11 Å². The largest absolute Gasteiger partial charge is 0.416 e. The van der Waals surface area contributed by atoms with Gasteiger partial charge < -0.3 is 5.11 Å². The number of aliphatic hydroxyl groups excluding tert-OH is 1. The molecule has 0 saturated carbocycles. The highest BCUT2D eigenvalue weighted by molar-refractivity contribution is 5.59. The van der Waals surface area contributed by atoms with Crippen molar-refractivity contribution in [3.63, 3.8) is 0 Å². The summed E-state index contributed by atoms with van der Waals surface area (Å²) in [4.78, 5) is 3.60.